The van der Waals surface area contributed by atoms with E-state index in [1.165, 1.54) is 674 Å². The van der Waals surface area contributed by atoms with Gasteiger partial charge in [0.2, 0.25) is 0 Å². The van der Waals surface area contributed by atoms with Gasteiger partial charge in [-0.25, -0.2) is 0 Å². The summed E-state index contributed by atoms with van der Waals surface area (Å²) >= 11 is 0. The Hall–Kier alpha value is 0. The van der Waals surface area contributed by atoms with Crippen LogP contribution in [0.5, 0.6) is 0 Å². The third kappa shape index (κ3) is 106. The van der Waals surface area contributed by atoms with Crippen LogP contribution in [0.3, 0.4) is 0 Å². The minimum absolute atomic E-state index is 1.37. The van der Waals surface area contributed by atoms with Gasteiger partial charge in [-0.05, 0) is 0 Å². The van der Waals surface area contributed by atoms with E-state index in [1.54, 1.807) is 0 Å². The van der Waals surface area contributed by atoms with Gasteiger partial charge in [0.25, 0.3) is 0 Å². The predicted molar refractivity (Wildman–Crippen MR) is 496 cm³/mol. The van der Waals surface area contributed by atoms with Gasteiger partial charge in [0.15, 0.2) is 0 Å². The zero-order chi connectivity index (χ0) is 76.2. The van der Waals surface area contributed by atoms with Crippen molar-refractivity contribution >= 4 is 0 Å². The van der Waals surface area contributed by atoms with E-state index in [-0.39, 0.29) is 0 Å². The summed E-state index contributed by atoms with van der Waals surface area (Å²) in [5.41, 5.74) is 0. The third-order valence-electron chi connectivity index (χ3n) is 26.2. The van der Waals surface area contributed by atoms with Gasteiger partial charge >= 0.3 is 0 Å². The van der Waals surface area contributed by atoms with Crippen molar-refractivity contribution in [2.24, 2.45) is 0 Å². The Bertz CT molecular complexity index is 1290. The maximum absolute atomic E-state index is 2.32. The van der Waals surface area contributed by atoms with Crippen LogP contribution in [0.1, 0.15) is 688 Å². The van der Waals surface area contributed by atoms with Gasteiger partial charge in [-0.2, -0.15) is 0 Å². The molecular formula is C107H216. The van der Waals surface area contributed by atoms with E-state index in [0.29, 0.717) is 0 Å². The quantitative estimate of drug-likeness (QED) is 0.0533. The summed E-state index contributed by atoms with van der Waals surface area (Å²) in [6.45, 7) is 4.64. The van der Waals surface area contributed by atoms with Crippen molar-refractivity contribution in [3.8, 4) is 0 Å². The summed E-state index contributed by atoms with van der Waals surface area (Å²) in [6.07, 6.45) is 157. The Labute approximate surface area is 683 Å². The van der Waals surface area contributed by atoms with Crippen LogP contribution >= 0.6 is 0 Å². The highest BCUT2D eigenvalue weighted by atomic mass is 14.1. The van der Waals surface area contributed by atoms with Crippen molar-refractivity contribution in [2.45, 2.75) is 688 Å². The van der Waals surface area contributed by atoms with E-state index in [9.17, 15) is 0 Å². The van der Waals surface area contributed by atoms with Crippen molar-refractivity contribution in [3.05, 3.63) is 0 Å². The lowest BCUT2D eigenvalue weighted by molar-refractivity contribution is 0.505. The third-order valence-corrected chi connectivity index (χ3v) is 26.2. The molecular weight excluding hydrogens is 1290 g/mol. The van der Waals surface area contributed by atoms with Gasteiger partial charge in [-0.1, -0.05) is 688 Å². The van der Waals surface area contributed by atoms with E-state index in [4.69, 9.17) is 0 Å². The fourth-order valence-corrected chi connectivity index (χ4v) is 18.4. The molecule has 0 heteroatoms. The van der Waals surface area contributed by atoms with Gasteiger partial charge in [-0.3, -0.25) is 0 Å². The second kappa shape index (κ2) is 106. The second-order valence-corrected chi connectivity index (χ2v) is 37.4. The molecule has 0 heterocycles. The minimum atomic E-state index is 1.37. The molecule has 0 spiro atoms. The van der Waals surface area contributed by atoms with Crippen molar-refractivity contribution in [2.75, 3.05) is 0 Å². The van der Waals surface area contributed by atoms with Crippen LogP contribution in [0.25, 0.3) is 0 Å². The van der Waals surface area contributed by atoms with Gasteiger partial charge < -0.3 is 0 Å². The first-order valence-corrected chi connectivity index (χ1v) is 53.4. The molecule has 0 saturated carbocycles. The topological polar surface area (TPSA) is 0 Å². The molecule has 0 nitrogen and oxygen atoms in total. The lowest BCUT2D eigenvalue weighted by atomic mass is 10.0. The van der Waals surface area contributed by atoms with E-state index in [2.05, 4.69) is 13.8 Å². The molecule has 0 aliphatic carbocycles. The Kier molecular flexibility index (Phi) is 106. The lowest BCUT2D eigenvalue weighted by Gasteiger charge is -2.05. The largest absolute Gasteiger partial charge is 0.0654 e. The SMILES string of the molecule is CCCCCCCCCCCCCCCCCCCCCCCCCCCCCCCCCCCCCCCCCCCCCCCCCCCCCCCCCCCCCCCCCCCCCCCCCCCCCCCCCCCCCCCCCCCCCCCCCCCCCCCCCCC. The number of rotatable bonds is 104. The van der Waals surface area contributed by atoms with Gasteiger partial charge in [-0.15, -0.1) is 0 Å². The summed E-state index contributed by atoms with van der Waals surface area (Å²) in [7, 11) is 0. The minimum Gasteiger partial charge on any atom is -0.0654 e. The molecule has 0 aromatic rings. The fraction of sp³-hybridized carbons (Fsp3) is 1.00. The average molecular weight is 1500 g/mol. The second-order valence-electron chi connectivity index (χ2n) is 37.4. The zero-order valence-electron chi connectivity index (χ0n) is 76.2. The van der Waals surface area contributed by atoms with Crippen LogP contribution in [0.4, 0.5) is 0 Å². The molecule has 0 aliphatic heterocycles. The smallest absolute Gasteiger partial charge is 0.0533 e. The van der Waals surface area contributed by atoms with Gasteiger partial charge in [0, 0.05) is 0 Å². The van der Waals surface area contributed by atoms with Crippen molar-refractivity contribution in [1.29, 1.82) is 0 Å². The molecule has 107 heavy (non-hydrogen) atoms. The molecule has 0 atom stereocenters. The van der Waals surface area contributed by atoms with E-state index in [0.717, 1.165) is 0 Å². The molecule has 0 rings (SSSR count). The monoisotopic (exact) mass is 1500 g/mol. The van der Waals surface area contributed by atoms with E-state index >= 15 is 0 Å². The molecule has 0 saturated heterocycles. The first-order chi connectivity index (χ1) is 53.4. The van der Waals surface area contributed by atoms with Crippen LogP contribution in [0.15, 0.2) is 0 Å². The Morgan fingerprint density at radius 1 is 0.0467 bits per heavy atom. The van der Waals surface area contributed by atoms with Gasteiger partial charge in [0.05, 0.1) is 0 Å². The standard InChI is InChI=1S/C107H216/c1-3-5-7-9-11-13-15-17-19-21-23-25-27-29-31-33-35-37-39-41-43-45-47-49-51-53-55-57-59-61-63-65-67-69-71-73-75-77-79-81-83-85-87-89-91-93-95-97-99-101-103-105-107-106-104-102-100-98-96-94-92-90-88-86-84-82-80-78-76-74-72-70-68-66-64-62-60-58-56-54-52-50-48-46-44-42-40-38-36-34-32-30-28-26-24-22-20-18-16-14-12-10-8-6-4-2/h3-107H2,1-2H3. The van der Waals surface area contributed by atoms with Crippen molar-refractivity contribution in [3.63, 3.8) is 0 Å². The molecule has 0 bridgehead atoms. The van der Waals surface area contributed by atoms with Crippen LogP contribution in [-0.2, 0) is 0 Å². The molecule has 0 fully saturated rings. The highest BCUT2D eigenvalue weighted by molar-refractivity contribution is 4.60. The maximum atomic E-state index is 2.32. The summed E-state index contributed by atoms with van der Waals surface area (Å²) in [5.74, 6) is 0. The summed E-state index contributed by atoms with van der Waals surface area (Å²) in [6, 6.07) is 0. The zero-order valence-corrected chi connectivity index (χ0v) is 76.2. The number of hydrogen-bond acceptors (Lipinski definition) is 0. The highest BCUT2D eigenvalue weighted by Crippen LogP contribution is 2.24. The van der Waals surface area contributed by atoms with Crippen LogP contribution in [0.2, 0.25) is 0 Å². The van der Waals surface area contributed by atoms with E-state index < -0.39 is 0 Å². The molecule has 0 unspecified atom stereocenters. The predicted octanol–water partition coefficient (Wildman–Crippen LogP) is 42.0. The molecule has 0 radical (unpaired) electrons. The molecule has 0 aromatic heterocycles. The maximum Gasteiger partial charge on any atom is -0.0533 e. The van der Waals surface area contributed by atoms with Crippen LogP contribution < -0.4 is 0 Å². The molecule has 0 N–H and O–H groups in total. The molecule has 0 amide bonds. The molecule has 644 valence electrons. The molecule has 0 aromatic carbocycles. The van der Waals surface area contributed by atoms with Gasteiger partial charge in [0.1, 0.15) is 0 Å². The first kappa shape index (κ1) is 107. The van der Waals surface area contributed by atoms with E-state index in [1.807, 2.05) is 0 Å². The summed E-state index contributed by atoms with van der Waals surface area (Å²) in [5, 5.41) is 0. The van der Waals surface area contributed by atoms with Crippen LogP contribution in [-0.4, -0.2) is 0 Å². The molecule has 0 aliphatic rings. The Balaban J connectivity index is 3.09. The number of unbranched alkanes of at least 4 members (excludes halogenated alkanes) is 104. The normalized spacial score (nSPS) is 11.8. The first-order valence-electron chi connectivity index (χ1n) is 53.4. The average Bonchev–Trinajstić information content (AvgIpc) is 3.82. The fourth-order valence-electron chi connectivity index (χ4n) is 18.4. The lowest BCUT2D eigenvalue weighted by Crippen LogP contribution is -1.85. The number of hydrogen-bond donors (Lipinski definition) is 0. The Morgan fingerprint density at radius 2 is 0.0748 bits per heavy atom. The Morgan fingerprint density at radius 3 is 0.103 bits per heavy atom. The highest BCUT2D eigenvalue weighted by Gasteiger charge is 2.05. The summed E-state index contributed by atoms with van der Waals surface area (Å²) < 4.78 is 0. The van der Waals surface area contributed by atoms with Crippen LogP contribution in [0, 0.1) is 0 Å². The summed E-state index contributed by atoms with van der Waals surface area (Å²) in [4.78, 5) is 0. The van der Waals surface area contributed by atoms with Crippen molar-refractivity contribution in [1.82, 2.24) is 0 Å². The van der Waals surface area contributed by atoms with Crippen molar-refractivity contribution < 1.29 is 0 Å².